The minimum Gasteiger partial charge on any atom is -0.497 e. The number of piperidine rings is 1. The molecule has 0 aliphatic carbocycles. The molecule has 2 aliphatic heterocycles. The second kappa shape index (κ2) is 12.0. The predicted molar refractivity (Wildman–Crippen MR) is 146 cm³/mol. The molecular weight excluding hydrogens is 522 g/mol. The molecule has 2 aromatic carbocycles. The van der Waals surface area contributed by atoms with Crippen LogP contribution in [-0.2, 0) is 17.8 Å². The number of fused-ring (bicyclic) bond motifs is 2. The molecule has 2 aliphatic rings. The number of benzene rings is 2. The molecule has 3 aromatic rings. The predicted octanol–water partition coefficient (Wildman–Crippen LogP) is 5.30. The molecule has 6 nitrogen and oxygen atoms in total. The maximum atomic E-state index is 14.5. The van der Waals surface area contributed by atoms with Crippen molar-refractivity contribution in [1.29, 1.82) is 0 Å². The first-order valence-corrected chi connectivity index (χ1v) is 13.2. The first-order valence-electron chi connectivity index (χ1n) is 11.8. The van der Waals surface area contributed by atoms with Crippen LogP contribution in [0.2, 0.25) is 5.02 Å². The van der Waals surface area contributed by atoms with Gasteiger partial charge in [0.25, 0.3) is 0 Å². The lowest BCUT2D eigenvalue weighted by molar-refractivity contribution is -0.113. The number of ether oxygens (including phenoxy) is 1. The van der Waals surface area contributed by atoms with Crippen LogP contribution in [0.4, 0.5) is 10.1 Å². The monoisotopic (exact) mass is 550 g/mol. The maximum Gasteiger partial charge on any atom is 0.234 e. The Morgan fingerprint density at radius 1 is 1.28 bits per heavy atom. The number of halogens is 3. The van der Waals surface area contributed by atoms with Gasteiger partial charge in [0.2, 0.25) is 5.91 Å². The number of likely N-dealkylation sites (tertiary alicyclic amines) is 1. The Labute approximate surface area is 225 Å². The SMILES string of the molecule is COc1cc(F)c2ncc(Cl)c(CCN3CCC(NCc4ccc5c(c4)NC(=O)CS5)CC3)c2c1.Cl. The number of aromatic nitrogens is 1. The van der Waals surface area contributed by atoms with Gasteiger partial charge in [-0.25, -0.2) is 4.39 Å². The van der Waals surface area contributed by atoms with E-state index in [4.69, 9.17) is 16.3 Å². The van der Waals surface area contributed by atoms with Crippen molar-refractivity contribution in [3.8, 4) is 5.75 Å². The summed E-state index contributed by atoms with van der Waals surface area (Å²) in [5.41, 5.74) is 3.33. The van der Waals surface area contributed by atoms with E-state index in [9.17, 15) is 9.18 Å². The van der Waals surface area contributed by atoms with Crippen molar-refractivity contribution in [2.24, 2.45) is 0 Å². The van der Waals surface area contributed by atoms with Crippen LogP contribution in [0.3, 0.4) is 0 Å². The van der Waals surface area contributed by atoms with Gasteiger partial charge in [-0.1, -0.05) is 17.7 Å². The number of methoxy groups -OCH3 is 1. The molecule has 0 atom stereocenters. The van der Waals surface area contributed by atoms with Crippen molar-refractivity contribution in [3.63, 3.8) is 0 Å². The van der Waals surface area contributed by atoms with E-state index in [0.717, 1.165) is 61.6 Å². The van der Waals surface area contributed by atoms with Gasteiger partial charge in [0.1, 0.15) is 11.3 Å². The van der Waals surface area contributed by atoms with Crippen molar-refractivity contribution >= 4 is 58.3 Å². The molecule has 0 saturated carbocycles. The van der Waals surface area contributed by atoms with Crippen LogP contribution >= 0.6 is 35.8 Å². The number of thioether (sulfide) groups is 1. The highest BCUT2D eigenvalue weighted by Gasteiger charge is 2.21. The molecule has 10 heteroatoms. The van der Waals surface area contributed by atoms with Crippen molar-refractivity contribution in [1.82, 2.24) is 15.2 Å². The molecule has 1 fully saturated rings. The molecular formula is C26H29Cl2FN4O2S. The van der Waals surface area contributed by atoms with E-state index >= 15 is 0 Å². The summed E-state index contributed by atoms with van der Waals surface area (Å²) in [6, 6.07) is 9.91. The second-order valence-electron chi connectivity index (χ2n) is 9.00. The fourth-order valence-electron chi connectivity index (χ4n) is 4.77. The Hall–Kier alpha value is -2.10. The van der Waals surface area contributed by atoms with E-state index < -0.39 is 5.82 Å². The number of anilines is 1. The molecule has 0 unspecified atom stereocenters. The van der Waals surface area contributed by atoms with Crippen LogP contribution in [0.1, 0.15) is 24.0 Å². The number of amides is 1. The van der Waals surface area contributed by atoms with Crippen LogP contribution in [0, 0.1) is 5.82 Å². The van der Waals surface area contributed by atoms with Crippen LogP contribution in [0.5, 0.6) is 5.75 Å². The zero-order valence-corrected chi connectivity index (χ0v) is 22.4. The molecule has 3 heterocycles. The average Bonchev–Trinajstić information content (AvgIpc) is 2.87. The van der Waals surface area contributed by atoms with Gasteiger partial charge in [-0.2, -0.15) is 0 Å². The lowest BCUT2D eigenvalue weighted by Crippen LogP contribution is -2.42. The summed E-state index contributed by atoms with van der Waals surface area (Å²) in [4.78, 5) is 19.4. The Balaban J connectivity index is 0.00000304. The highest BCUT2D eigenvalue weighted by molar-refractivity contribution is 8.00. The number of nitrogens with zero attached hydrogens (tertiary/aromatic N) is 2. The minimum absolute atomic E-state index is 0. The van der Waals surface area contributed by atoms with E-state index in [1.807, 2.05) is 6.07 Å². The lowest BCUT2D eigenvalue weighted by Gasteiger charge is -2.32. The molecule has 0 radical (unpaired) electrons. The van der Waals surface area contributed by atoms with E-state index in [1.54, 1.807) is 11.8 Å². The second-order valence-corrected chi connectivity index (χ2v) is 10.4. The topological polar surface area (TPSA) is 66.5 Å². The Bertz CT molecular complexity index is 1250. The molecule has 5 rings (SSSR count). The summed E-state index contributed by atoms with van der Waals surface area (Å²) < 4.78 is 19.7. The zero-order chi connectivity index (χ0) is 24.4. The lowest BCUT2D eigenvalue weighted by atomic mass is 10.0. The number of pyridine rings is 1. The standard InChI is InChI=1S/C26H28ClFN4O2S.ClH/c1-34-18-11-20-19(21(27)14-30-26(20)22(28)12-18)6-9-32-7-4-17(5-8-32)29-13-16-2-3-24-23(10-16)31-25(33)15-35-24;/h2-3,10-12,14,17,29H,4-9,13,15H2,1H3,(H,31,33);1H. The van der Waals surface area contributed by atoms with E-state index in [-0.39, 0.29) is 18.3 Å². The van der Waals surface area contributed by atoms with Crippen LogP contribution in [-0.4, -0.2) is 54.3 Å². The number of rotatable bonds is 7. The van der Waals surface area contributed by atoms with Crippen molar-refractivity contribution in [2.75, 3.05) is 37.8 Å². The normalized spacial score (nSPS) is 16.4. The zero-order valence-electron chi connectivity index (χ0n) is 20.0. The fourth-order valence-corrected chi connectivity index (χ4v) is 5.80. The summed E-state index contributed by atoms with van der Waals surface area (Å²) in [6.45, 7) is 3.62. The number of carbonyl (C=O) groups excluding carboxylic acids is 1. The van der Waals surface area contributed by atoms with Gasteiger partial charge in [0.15, 0.2) is 5.82 Å². The summed E-state index contributed by atoms with van der Waals surface area (Å²) in [7, 11) is 1.53. The molecule has 0 bridgehead atoms. The molecule has 1 saturated heterocycles. The summed E-state index contributed by atoms with van der Waals surface area (Å²) in [5.74, 6) is 0.611. The van der Waals surface area contributed by atoms with Gasteiger partial charge in [0, 0.05) is 41.7 Å². The maximum absolute atomic E-state index is 14.5. The van der Waals surface area contributed by atoms with Crippen LogP contribution in [0.25, 0.3) is 10.9 Å². The quantitative estimate of drug-likeness (QED) is 0.416. The molecule has 1 aromatic heterocycles. The van der Waals surface area contributed by atoms with Gasteiger partial charge in [-0.15, -0.1) is 24.2 Å². The van der Waals surface area contributed by atoms with E-state index in [0.29, 0.717) is 33.5 Å². The Kier molecular flexibility index (Phi) is 8.96. The third-order valence-electron chi connectivity index (χ3n) is 6.73. The van der Waals surface area contributed by atoms with E-state index in [1.165, 1.54) is 24.9 Å². The molecule has 192 valence electrons. The van der Waals surface area contributed by atoms with Crippen molar-refractivity contribution < 1.29 is 13.9 Å². The third-order valence-corrected chi connectivity index (χ3v) is 8.13. The molecule has 0 spiro atoms. The number of hydrogen-bond acceptors (Lipinski definition) is 6. The summed E-state index contributed by atoms with van der Waals surface area (Å²) in [5, 5.41) is 7.90. The van der Waals surface area contributed by atoms with Gasteiger partial charge in [-0.05, 0) is 61.7 Å². The first-order chi connectivity index (χ1) is 17.0. The first kappa shape index (κ1) is 26.9. The van der Waals surface area contributed by atoms with Crippen LogP contribution < -0.4 is 15.4 Å². The largest absolute Gasteiger partial charge is 0.497 e. The van der Waals surface area contributed by atoms with Gasteiger partial charge < -0.3 is 20.3 Å². The van der Waals surface area contributed by atoms with Gasteiger partial charge >= 0.3 is 0 Å². The van der Waals surface area contributed by atoms with Crippen molar-refractivity contribution in [3.05, 3.63) is 58.5 Å². The molecule has 1 amide bonds. The number of carbonyl (C=O) groups is 1. The highest BCUT2D eigenvalue weighted by atomic mass is 35.5. The van der Waals surface area contributed by atoms with Gasteiger partial charge in [0.05, 0.1) is 23.6 Å². The number of hydrogen-bond donors (Lipinski definition) is 2. The van der Waals surface area contributed by atoms with Crippen molar-refractivity contribution in [2.45, 2.75) is 36.7 Å². The Morgan fingerprint density at radius 3 is 2.86 bits per heavy atom. The third kappa shape index (κ3) is 6.06. The summed E-state index contributed by atoms with van der Waals surface area (Å²) in [6.07, 6.45) is 4.38. The smallest absolute Gasteiger partial charge is 0.234 e. The highest BCUT2D eigenvalue weighted by Crippen LogP contribution is 2.32. The average molecular weight is 552 g/mol. The minimum atomic E-state index is -0.399. The fraction of sp³-hybridized carbons (Fsp3) is 0.385. The van der Waals surface area contributed by atoms with E-state index in [2.05, 4.69) is 38.7 Å². The summed E-state index contributed by atoms with van der Waals surface area (Å²) >= 11 is 8.05. The molecule has 36 heavy (non-hydrogen) atoms. The van der Waals surface area contributed by atoms with Gasteiger partial charge in [-0.3, -0.25) is 9.78 Å². The number of nitrogens with one attached hydrogen (secondary N) is 2. The molecule has 2 N–H and O–H groups in total. The Morgan fingerprint density at radius 2 is 2.08 bits per heavy atom. The van der Waals surface area contributed by atoms with Crippen LogP contribution in [0.15, 0.2) is 41.4 Å².